The Kier molecular flexibility index (Phi) is 5.16. The van der Waals surface area contributed by atoms with Crippen LogP contribution in [0.5, 0.6) is 5.75 Å². The van der Waals surface area contributed by atoms with Crippen molar-refractivity contribution < 1.29 is 18.3 Å². The predicted octanol–water partition coefficient (Wildman–Crippen LogP) is 3.61. The largest absolute Gasteiger partial charge is 0.435 e. The number of aryl methyl sites for hydroxylation is 1. The molecule has 0 saturated heterocycles. The summed E-state index contributed by atoms with van der Waals surface area (Å²) in [4.78, 5) is 12.3. The number of hydrogen-bond donors (Lipinski definition) is 2. The molecule has 0 aromatic heterocycles. The normalized spacial score (nSPS) is 16.4. The first-order chi connectivity index (χ1) is 12.0. The highest BCUT2D eigenvalue weighted by Crippen LogP contribution is 2.32. The lowest BCUT2D eigenvalue weighted by atomic mass is 9.87. The van der Waals surface area contributed by atoms with Crippen molar-refractivity contribution in [3.63, 3.8) is 0 Å². The fourth-order valence-corrected chi connectivity index (χ4v) is 3.18. The molecule has 25 heavy (non-hydrogen) atoms. The van der Waals surface area contributed by atoms with Gasteiger partial charge in [0.05, 0.1) is 12.5 Å². The number of halogens is 2. The van der Waals surface area contributed by atoms with Gasteiger partial charge in [-0.05, 0) is 60.2 Å². The van der Waals surface area contributed by atoms with Crippen LogP contribution in [0.25, 0.3) is 0 Å². The number of amides is 1. The topological polar surface area (TPSA) is 64.4 Å². The molecule has 0 spiro atoms. The molecule has 3 N–H and O–H groups in total. The molecule has 1 amide bonds. The van der Waals surface area contributed by atoms with Crippen molar-refractivity contribution in [3.8, 4) is 5.75 Å². The number of carbonyl (C=O) groups excluding carboxylic acids is 1. The molecule has 1 aliphatic rings. The fraction of sp³-hybridized carbons (Fsp3) is 0.316. The van der Waals surface area contributed by atoms with Crippen molar-refractivity contribution in [3.05, 3.63) is 59.2 Å². The third kappa shape index (κ3) is 4.47. The van der Waals surface area contributed by atoms with Crippen LogP contribution in [0, 0.1) is 0 Å². The Morgan fingerprint density at radius 2 is 2.00 bits per heavy atom. The summed E-state index contributed by atoms with van der Waals surface area (Å²) in [6.45, 7) is -2.84. The number of benzene rings is 2. The number of nitrogens with one attached hydrogen (secondary N) is 1. The molecule has 2 aromatic rings. The molecule has 0 fully saturated rings. The second-order valence-corrected chi connectivity index (χ2v) is 6.17. The van der Waals surface area contributed by atoms with Gasteiger partial charge in [0.1, 0.15) is 5.75 Å². The number of ether oxygens (including phenoxy) is 1. The van der Waals surface area contributed by atoms with Gasteiger partial charge in [-0.3, -0.25) is 4.79 Å². The maximum atomic E-state index is 12.3. The SMILES string of the molecule is Nc1ccc(CC(=O)NC2CCCc3cc(OC(F)F)ccc32)cc1. The van der Waals surface area contributed by atoms with E-state index < -0.39 is 6.61 Å². The first-order valence-corrected chi connectivity index (χ1v) is 8.22. The van der Waals surface area contributed by atoms with E-state index >= 15 is 0 Å². The molecule has 6 heteroatoms. The van der Waals surface area contributed by atoms with Crippen molar-refractivity contribution in [1.29, 1.82) is 0 Å². The average molecular weight is 346 g/mol. The van der Waals surface area contributed by atoms with E-state index in [-0.39, 0.29) is 24.1 Å². The van der Waals surface area contributed by atoms with Crippen LogP contribution in [-0.2, 0) is 17.6 Å². The van der Waals surface area contributed by atoms with Gasteiger partial charge < -0.3 is 15.8 Å². The summed E-state index contributed by atoms with van der Waals surface area (Å²) >= 11 is 0. The van der Waals surface area contributed by atoms with Crippen molar-refractivity contribution in [2.45, 2.75) is 38.3 Å². The first-order valence-electron chi connectivity index (χ1n) is 8.22. The molecule has 1 unspecified atom stereocenters. The third-order valence-corrected chi connectivity index (χ3v) is 4.33. The van der Waals surface area contributed by atoms with Crippen LogP contribution in [0.15, 0.2) is 42.5 Å². The molecular formula is C19H20F2N2O2. The lowest BCUT2D eigenvalue weighted by Gasteiger charge is -2.27. The van der Waals surface area contributed by atoms with E-state index in [1.807, 2.05) is 12.1 Å². The molecule has 3 rings (SSSR count). The second kappa shape index (κ2) is 7.51. The first kappa shape index (κ1) is 17.2. The van der Waals surface area contributed by atoms with Crippen LogP contribution in [0.1, 0.15) is 35.6 Å². The maximum Gasteiger partial charge on any atom is 0.387 e. The van der Waals surface area contributed by atoms with E-state index in [9.17, 15) is 13.6 Å². The van der Waals surface area contributed by atoms with Gasteiger partial charge >= 0.3 is 6.61 Å². The molecule has 0 heterocycles. The summed E-state index contributed by atoms with van der Waals surface area (Å²) in [7, 11) is 0. The van der Waals surface area contributed by atoms with E-state index in [1.165, 1.54) is 6.07 Å². The van der Waals surface area contributed by atoms with E-state index in [4.69, 9.17) is 5.73 Å². The Labute approximate surface area is 145 Å². The summed E-state index contributed by atoms with van der Waals surface area (Å²) in [6, 6.07) is 12.0. The van der Waals surface area contributed by atoms with Gasteiger partial charge in [-0.25, -0.2) is 0 Å². The molecule has 2 aromatic carbocycles. The molecule has 1 aliphatic carbocycles. The summed E-state index contributed by atoms with van der Waals surface area (Å²) in [6.07, 6.45) is 2.78. The zero-order valence-corrected chi connectivity index (χ0v) is 13.7. The average Bonchev–Trinajstić information content (AvgIpc) is 2.56. The quantitative estimate of drug-likeness (QED) is 0.813. The van der Waals surface area contributed by atoms with Gasteiger partial charge in [0, 0.05) is 5.69 Å². The molecule has 0 bridgehead atoms. The van der Waals surface area contributed by atoms with Crippen LogP contribution < -0.4 is 15.8 Å². The third-order valence-electron chi connectivity index (χ3n) is 4.33. The van der Waals surface area contributed by atoms with E-state index in [2.05, 4.69) is 10.1 Å². The van der Waals surface area contributed by atoms with Crippen LogP contribution in [0.4, 0.5) is 14.5 Å². The minimum absolute atomic E-state index is 0.0736. The lowest BCUT2D eigenvalue weighted by Crippen LogP contribution is -2.32. The van der Waals surface area contributed by atoms with Gasteiger partial charge in [0.2, 0.25) is 5.91 Å². The van der Waals surface area contributed by atoms with E-state index in [0.29, 0.717) is 5.69 Å². The standard InChI is InChI=1S/C19H20F2N2O2/c20-19(21)25-15-8-9-16-13(11-15)2-1-3-17(16)23-18(24)10-12-4-6-14(22)7-5-12/h4-9,11,17,19H,1-3,10,22H2,(H,23,24). The summed E-state index contributed by atoms with van der Waals surface area (Å²) in [5.41, 5.74) is 9.11. The number of fused-ring (bicyclic) bond motifs is 1. The Balaban J connectivity index is 1.68. The molecule has 0 radical (unpaired) electrons. The Morgan fingerprint density at radius 1 is 1.24 bits per heavy atom. The van der Waals surface area contributed by atoms with Crippen molar-refractivity contribution in [2.24, 2.45) is 0 Å². The summed E-state index contributed by atoms with van der Waals surface area (Å²) in [5, 5.41) is 3.04. The summed E-state index contributed by atoms with van der Waals surface area (Å²) < 4.78 is 29.1. The molecule has 4 nitrogen and oxygen atoms in total. The minimum atomic E-state index is -2.84. The highest BCUT2D eigenvalue weighted by molar-refractivity contribution is 5.79. The number of rotatable bonds is 5. The fourth-order valence-electron chi connectivity index (χ4n) is 3.18. The number of hydrogen-bond acceptors (Lipinski definition) is 3. The second-order valence-electron chi connectivity index (χ2n) is 6.17. The van der Waals surface area contributed by atoms with Crippen LogP contribution in [0.2, 0.25) is 0 Å². The maximum absolute atomic E-state index is 12.3. The lowest BCUT2D eigenvalue weighted by molar-refractivity contribution is -0.121. The summed E-state index contributed by atoms with van der Waals surface area (Å²) in [5.74, 6) is 0.0816. The molecular weight excluding hydrogens is 326 g/mol. The van der Waals surface area contributed by atoms with Gasteiger partial charge in [-0.15, -0.1) is 0 Å². The van der Waals surface area contributed by atoms with Gasteiger partial charge in [-0.1, -0.05) is 18.2 Å². The number of nitrogens with two attached hydrogens (primary N) is 1. The molecule has 132 valence electrons. The zero-order chi connectivity index (χ0) is 17.8. The van der Waals surface area contributed by atoms with Crippen molar-refractivity contribution in [2.75, 3.05) is 5.73 Å². The molecule has 0 saturated carbocycles. The van der Waals surface area contributed by atoms with E-state index in [1.54, 1.807) is 24.3 Å². The molecule has 0 aliphatic heterocycles. The van der Waals surface area contributed by atoms with Crippen LogP contribution in [-0.4, -0.2) is 12.5 Å². The van der Waals surface area contributed by atoms with Gasteiger partial charge in [0.25, 0.3) is 0 Å². The Hall–Kier alpha value is -2.63. The monoisotopic (exact) mass is 346 g/mol. The van der Waals surface area contributed by atoms with Crippen molar-refractivity contribution in [1.82, 2.24) is 5.32 Å². The number of alkyl halides is 2. The smallest absolute Gasteiger partial charge is 0.387 e. The van der Waals surface area contributed by atoms with Gasteiger partial charge in [0.15, 0.2) is 0 Å². The Bertz CT molecular complexity index is 748. The highest BCUT2D eigenvalue weighted by atomic mass is 19.3. The Morgan fingerprint density at radius 3 is 2.72 bits per heavy atom. The van der Waals surface area contributed by atoms with Crippen LogP contribution >= 0.6 is 0 Å². The molecule has 1 atom stereocenters. The highest BCUT2D eigenvalue weighted by Gasteiger charge is 2.22. The van der Waals surface area contributed by atoms with E-state index in [0.717, 1.165) is 36.0 Å². The number of nitrogen functional groups attached to an aromatic ring is 1. The predicted molar refractivity (Wildman–Crippen MR) is 91.5 cm³/mol. The van der Waals surface area contributed by atoms with Crippen LogP contribution in [0.3, 0.4) is 0 Å². The van der Waals surface area contributed by atoms with Crippen molar-refractivity contribution >= 4 is 11.6 Å². The zero-order valence-electron chi connectivity index (χ0n) is 13.7. The minimum Gasteiger partial charge on any atom is -0.435 e. The number of anilines is 1. The number of carbonyl (C=O) groups is 1. The van der Waals surface area contributed by atoms with Gasteiger partial charge in [-0.2, -0.15) is 8.78 Å².